The highest BCUT2D eigenvalue weighted by atomic mass is 19.1. The first kappa shape index (κ1) is 16.9. The number of halogens is 1. The zero-order valence-corrected chi connectivity index (χ0v) is 14.1. The van der Waals surface area contributed by atoms with Crippen molar-refractivity contribution in [3.8, 4) is 0 Å². The Kier molecular flexibility index (Phi) is 4.34. The molecule has 2 aliphatic rings. The summed E-state index contributed by atoms with van der Waals surface area (Å²) in [5.74, 6) is -1.29. The number of carbonyl (C=O) groups is 2. The summed E-state index contributed by atoms with van der Waals surface area (Å²) in [6, 6.07) is 4.15. The van der Waals surface area contributed by atoms with E-state index in [-0.39, 0.29) is 17.1 Å². The van der Waals surface area contributed by atoms with Crippen molar-refractivity contribution in [3.63, 3.8) is 0 Å². The van der Waals surface area contributed by atoms with Crippen LogP contribution in [0.25, 0.3) is 0 Å². The number of nitrogens with zero attached hydrogens (tertiary/aromatic N) is 2. The third-order valence-corrected chi connectivity index (χ3v) is 5.56. The number of carbonyl (C=O) groups excluding carboxylic acids is 1. The largest absolute Gasteiger partial charge is 0.480 e. The Morgan fingerprint density at radius 3 is 2.50 bits per heavy atom. The van der Waals surface area contributed by atoms with Crippen LogP contribution in [-0.2, 0) is 4.79 Å². The van der Waals surface area contributed by atoms with Crippen molar-refractivity contribution < 1.29 is 19.1 Å². The molecular formula is C18H23FN2O3. The summed E-state index contributed by atoms with van der Waals surface area (Å²) in [7, 11) is 1.85. The number of aryl methyl sites for hydroxylation is 1. The molecule has 2 heterocycles. The number of hydrogen-bond acceptors (Lipinski definition) is 3. The lowest BCUT2D eigenvalue weighted by atomic mass is 9.76. The monoisotopic (exact) mass is 334 g/mol. The molecule has 1 unspecified atom stereocenters. The first-order valence-electron chi connectivity index (χ1n) is 8.30. The highest BCUT2D eigenvalue weighted by Crippen LogP contribution is 2.43. The second kappa shape index (κ2) is 6.16. The third-order valence-electron chi connectivity index (χ3n) is 5.56. The Labute approximate surface area is 141 Å². The predicted octanol–water partition coefficient (Wildman–Crippen LogP) is 2.15. The number of benzene rings is 1. The maximum atomic E-state index is 13.7. The van der Waals surface area contributed by atoms with Crippen LogP contribution >= 0.6 is 0 Å². The van der Waals surface area contributed by atoms with Gasteiger partial charge in [0.05, 0.1) is 0 Å². The standard InChI is InChI=1S/C18H23FN2O3/c1-12-3-4-13(9-14(12)19)16(22)21-7-5-18(6-8-21)10-15(17(23)24)20(2)11-18/h3-4,9,15H,5-8,10-11H2,1-2H3,(H,23,24). The number of carboxylic acid groups (broad SMARTS) is 1. The molecule has 0 bridgehead atoms. The SMILES string of the molecule is Cc1ccc(C(=O)N2CCC3(CC2)CC(C(=O)O)N(C)C3)cc1F. The van der Waals surface area contributed by atoms with Crippen molar-refractivity contribution in [1.82, 2.24) is 9.80 Å². The minimum absolute atomic E-state index is 0.0207. The van der Waals surface area contributed by atoms with Gasteiger partial charge in [0.25, 0.3) is 5.91 Å². The van der Waals surface area contributed by atoms with Gasteiger partial charge in [0, 0.05) is 25.2 Å². The number of aliphatic carboxylic acids is 1. The molecule has 3 rings (SSSR count). The molecule has 24 heavy (non-hydrogen) atoms. The summed E-state index contributed by atoms with van der Waals surface area (Å²) in [6.45, 7) is 3.61. The Hall–Kier alpha value is -1.95. The van der Waals surface area contributed by atoms with Crippen molar-refractivity contribution in [2.24, 2.45) is 5.41 Å². The molecule has 2 fully saturated rings. The number of likely N-dealkylation sites (N-methyl/N-ethyl adjacent to an activating group) is 1. The first-order valence-corrected chi connectivity index (χ1v) is 8.30. The average molecular weight is 334 g/mol. The summed E-state index contributed by atoms with van der Waals surface area (Å²) >= 11 is 0. The van der Waals surface area contributed by atoms with E-state index < -0.39 is 12.0 Å². The lowest BCUT2D eigenvalue weighted by Crippen LogP contribution is -2.44. The lowest BCUT2D eigenvalue weighted by Gasteiger charge is -2.39. The van der Waals surface area contributed by atoms with Crippen LogP contribution in [0.1, 0.15) is 35.2 Å². The van der Waals surface area contributed by atoms with Crippen LogP contribution in [-0.4, -0.2) is 59.5 Å². The van der Waals surface area contributed by atoms with Gasteiger partial charge in [-0.25, -0.2) is 4.39 Å². The molecule has 5 nitrogen and oxygen atoms in total. The maximum absolute atomic E-state index is 13.7. The highest BCUT2D eigenvalue weighted by Gasteiger charge is 2.47. The van der Waals surface area contributed by atoms with Gasteiger partial charge in [-0.3, -0.25) is 14.5 Å². The summed E-state index contributed by atoms with van der Waals surface area (Å²) in [4.78, 5) is 27.5. The van der Waals surface area contributed by atoms with Gasteiger partial charge in [-0.15, -0.1) is 0 Å². The van der Waals surface area contributed by atoms with Crippen LogP contribution in [0.4, 0.5) is 4.39 Å². The Balaban J connectivity index is 1.66. The van der Waals surface area contributed by atoms with Crippen LogP contribution in [0, 0.1) is 18.2 Å². The zero-order valence-electron chi connectivity index (χ0n) is 14.1. The smallest absolute Gasteiger partial charge is 0.320 e. The fourth-order valence-corrected chi connectivity index (χ4v) is 4.00. The number of hydrogen-bond donors (Lipinski definition) is 1. The molecule has 1 aromatic rings. The predicted molar refractivity (Wildman–Crippen MR) is 87.4 cm³/mol. The van der Waals surface area contributed by atoms with Crippen molar-refractivity contribution in [2.45, 2.75) is 32.2 Å². The van der Waals surface area contributed by atoms with Gasteiger partial charge in [-0.05, 0) is 56.3 Å². The number of piperidine rings is 1. The van der Waals surface area contributed by atoms with E-state index in [2.05, 4.69) is 0 Å². The molecule has 6 heteroatoms. The summed E-state index contributed by atoms with van der Waals surface area (Å²) in [6.07, 6.45) is 2.22. The van der Waals surface area contributed by atoms with E-state index in [9.17, 15) is 19.1 Å². The maximum Gasteiger partial charge on any atom is 0.320 e. The van der Waals surface area contributed by atoms with E-state index >= 15 is 0 Å². The quantitative estimate of drug-likeness (QED) is 0.900. The minimum atomic E-state index is -0.775. The normalized spacial score (nSPS) is 23.6. The van der Waals surface area contributed by atoms with Gasteiger partial charge < -0.3 is 10.0 Å². The molecule has 0 aliphatic carbocycles. The molecule has 0 saturated carbocycles. The van der Waals surface area contributed by atoms with Crippen molar-refractivity contribution in [2.75, 3.05) is 26.7 Å². The molecule has 2 saturated heterocycles. The average Bonchev–Trinajstić information content (AvgIpc) is 2.87. The Bertz CT molecular complexity index is 668. The van der Waals surface area contributed by atoms with Crippen LogP contribution in [0.5, 0.6) is 0 Å². The zero-order chi connectivity index (χ0) is 17.5. The number of carboxylic acids is 1. The van der Waals surface area contributed by atoms with E-state index in [1.54, 1.807) is 24.0 Å². The first-order chi connectivity index (χ1) is 11.3. The van der Waals surface area contributed by atoms with Crippen LogP contribution in [0.15, 0.2) is 18.2 Å². The lowest BCUT2D eigenvalue weighted by molar-refractivity contribution is -0.141. The molecular weight excluding hydrogens is 311 g/mol. The molecule has 2 aliphatic heterocycles. The van der Waals surface area contributed by atoms with E-state index in [1.165, 1.54) is 6.07 Å². The van der Waals surface area contributed by atoms with Gasteiger partial charge in [0.1, 0.15) is 11.9 Å². The minimum Gasteiger partial charge on any atom is -0.480 e. The molecule has 1 aromatic carbocycles. The molecule has 1 atom stereocenters. The van der Waals surface area contributed by atoms with Crippen molar-refractivity contribution in [1.29, 1.82) is 0 Å². The van der Waals surface area contributed by atoms with Crippen molar-refractivity contribution >= 4 is 11.9 Å². The van der Waals surface area contributed by atoms with Gasteiger partial charge in [0.2, 0.25) is 0 Å². The highest BCUT2D eigenvalue weighted by molar-refractivity contribution is 5.94. The molecule has 0 aromatic heterocycles. The molecule has 1 amide bonds. The second-order valence-corrected chi connectivity index (χ2v) is 7.23. The molecule has 130 valence electrons. The van der Waals surface area contributed by atoms with E-state index in [4.69, 9.17) is 0 Å². The number of amides is 1. The fourth-order valence-electron chi connectivity index (χ4n) is 4.00. The molecule has 1 N–H and O–H groups in total. The summed E-state index contributed by atoms with van der Waals surface area (Å²) in [5, 5.41) is 9.29. The Morgan fingerprint density at radius 1 is 1.29 bits per heavy atom. The summed E-state index contributed by atoms with van der Waals surface area (Å²) in [5.41, 5.74) is 0.881. The van der Waals surface area contributed by atoms with E-state index in [1.807, 2.05) is 11.9 Å². The van der Waals surface area contributed by atoms with Gasteiger partial charge >= 0.3 is 5.97 Å². The van der Waals surface area contributed by atoms with E-state index in [0.717, 1.165) is 19.4 Å². The summed E-state index contributed by atoms with van der Waals surface area (Å²) < 4.78 is 13.7. The fraction of sp³-hybridized carbons (Fsp3) is 0.556. The van der Waals surface area contributed by atoms with Crippen molar-refractivity contribution in [3.05, 3.63) is 35.1 Å². The van der Waals surface area contributed by atoms with Gasteiger partial charge in [0.15, 0.2) is 0 Å². The Morgan fingerprint density at radius 2 is 1.96 bits per heavy atom. The van der Waals surface area contributed by atoms with Crippen LogP contribution in [0.2, 0.25) is 0 Å². The molecule has 0 radical (unpaired) electrons. The second-order valence-electron chi connectivity index (χ2n) is 7.23. The molecule has 1 spiro atoms. The van der Waals surface area contributed by atoms with Crippen LogP contribution in [0.3, 0.4) is 0 Å². The topological polar surface area (TPSA) is 60.9 Å². The van der Waals surface area contributed by atoms with Crippen LogP contribution < -0.4 is 0 Å². The van der Waals surface area contributed by atoms with Gasteiger partial charge in [-0.1, -0.05) is 6.07 Å². The number of likely N-dealkylation sites (tertiary alicyclic amines) is 2. The third kappa shape index (κ3) is 3.02. The van der Waals surface area contributed by atoms with E-state index in [0.29, 0.717) is 30.6 Å². The van der Waals surface area contributed by atoms with Gasteiger partial charge in [-0.2, -0.15) is 0 Å². The number of rotatable bonds is 2.